The van der Waals surface area contributed by atoms with Gasteiger partial charge in [-0.05, 0) is 37.8 Å². The fourth-order valence-electron chi connectivity index (χ4n) is 3.42. The highest BCUT2D eigenvalue weighted by molar-refractivity contribution is 5.88. The van der Waals surface area contributed by atoms with E-state index in [1.807, 2.05) is 18.2 Å². The average molecular weight is 419 g/mol. The third-order valence-electron chi connectivity index (χ3n) is 5.21. The van der Waals surface area contributed by atoms with Gasteiger partial charge in [-0.1, -0.05) is 57.7 Å². The van der Waals surface area contributed by atoms with E-state index in [1.165, 1.54) is 12.8 Å². The van der Waals surface area contributed by atoms with E-state index >= 15 is 0 Å². The Morgan fingerprint density at radius 3 is 2.23 bits per heavy atom. The zero-order chi connectivity index (χ0) is 21.9. The molecule has 2 amide bonds. The molecule has 0 aromatic heterocycles. The van der Waals surface area contributed by atoms with Crippen LogP contribution in [0, 0.1) is 5.92 Å². The number of para-hydroxylation sites is 1. The number of rotatable bonds is 9. The molecule has 0 heterocycles. The SMILES string of the molecule is CC(C)[C@H](NC(=O)COc1ccccc1)C(=O)O[C@@H](C)C(=O)NC1CCCCCC1. The predicted molar refractivity (Wildman–Crippen MR) is 114 cm³/mol. The monoisotopic (exact) mass is 418 g/mol. The first kappa shape index (κ1) is 23.7. The van der Waals surface area contributed by atoms with E-state index in [1.54, 1.807) is 32.9 Å². The highest BCUT2D eigenvalue weighted by atomic mass is 16.5. The van der Waals surface area contributed by atoms with Crippen molar-refractivity contribution in [1.29, 1.82) is 0 Å². The Balaban J connectivity index is 1.82. The van der Waals surface area contributed by atoms with Crippen molar-refractivity contribution in [3.63, 3.8) is 0 Å². The average Bonchev–Trinajstić information content (AvgIpc) is 2.99. The van der Waals surface area contributed by atoms with Crippen molar-refractivity contribution >= 4 is 17.8 Å². The fraction of sp³-hybridized carbons (Fsp3) is 0.609. The summed E-state index contributed by atoms with van der Waals surface area (Å²) in [7, 11) is 0. The predicted octanol–water partition coefficient (Wildman–Crippen LogP) is 2.98. The summed E-state index contributed by atoms with van der Waals surface area (Å²) in [6.45, 7) is 4.96. The number of benzene rings is 1. The Bertz CT molecular complexity index is 684. The minimum atomic E-state index is -0.917. The molecule has 2 atom stereocenters. The molecule has 2 N–H and O–H groups in total. The van der Waals surface area contributed by atoms with Crippen LogP contribution in [0.2, 0.25) is 0 Å². The van der Waals surface area contributed by atoms with E-state index < -0.39 is 24.0 Å². The van der Waals surface area contributed by atoms with E-state index in [0.717, 1.165) is 25.7 Å². The molecule has 1 aliphatic carbocycles. The van der Waals surface area contributed by atoms with Gasteiger partial charge in [-0.3, -0.25) is 9.59 Å². The van der Waals surface area contributed by atoms with Gasteiger partial charge in [0.2, 0.25) is 0 Å². The lowest BCUT2D eigenvalue weighted by Gasteiger charge is -2.24. The Hall–Kier alpha value is -2.57. The van der Waals surface area contributed by atoms with E-state index in [9.17, 15) is 14.4 Å². The summed E-state index contributed by atoms with van der Waals surface area (Å²) in [6, 6.07) is 8.24. The van der Waals surface area contributed by atoms with Gasteiger partial charge < -0.3 is 20.1 Å². The molecule has 166 valence electrons. The lowest BCUT2D eigenvalue weighted by molar-refractivity contribution is -0.159. The van der Waals surface area contributed by atoms with Gasteiger partial charge in [0.15, 0.2) is 12.7 Å². The van der Waals surface area contributed by atoms with Crippen molar-refractivity contribution in [3.05, 3.63) is 30.3 Å². The summed E-state index contributed by atoms with van der Waals surface area (Å²) in [5, 5.41) is 5.64. The van der Waals surface area contributed by atoms with Crippen molar-refractivity contribution in [1.82, 2.24) is 10.6 Å². The first-order valence-corrected chi connectivity index (χ1v) is 10.8. The fourth-order valence-corrected chi connectivity index (χ4v) is 3.42. The molecule has 7 heteroatoms. The highest BCUT2D eigenvalue weighted by Crippen LogP contribution is 2.17. The number of hydrogen-bond donors (Lipinski definition) is 2. The molecule has 0 spiro atoms. The van der Waals surface area contributed by atoms with E-state index in [0.29, 0.717) is 5.75 Å². The minimum Gasteiger partial charge on any atom is -0.484 e. The molecule has 7 nitrogen and oxygen atoms in total. The van der Waals surface area contributed by atoms with Gasteiger partial charge in [0.05, 0.1) is 0 Å². The smallest absolute Gasteiger partial charge is 0.329 e. The summed E-state index contributed by atoms with van der Waals surface area (Å²) in [5.74, 6) is -0.974. The molecule has 2 rings (SSSR count). The summed E-state index contributed by atoms with van der Waals surface area (Å²) < 4.78 is 10.8. The van der Waals surface area contributed by atoms with Crippen LogP contribution in [-0.2, 0) is 19.1 Å². The second kappa shape index (κ2) is 12.2. The molecular weight excluding hydrogens is 384 g/mol. The van der Waals surface area contributed by atoms with Crippen LogP contribution in [0.1, 0.15) is 59.3 Å². The lowest BCUT2D eigenvalue weighted by atomic mass is 10.0. The maximum absolute atomic E-state index is 12.6. The van der Waals surface area contributed by atoms with Crippen LogP contribution in [-0.4, -0.2) is 42.6 Å². The molecule has 0 radical (unpaired) electrons. The first-order valence-electron chi connectivity index (χ1n) is 10.8. The van der Waals surface area contributed by atoms with Crippen LogP contribution in [0.5, 0.6) is 5.75 Å². The van der Waals surface area contributed by atoms with E-state index in [4.69, 9.17) is 9.47 Å². The Morgan fingerprint density at radius 2 is 1.63 bits per heavy atom. The largest absolute Gasteiger partial charge is 0.484 e. The van der Waals surface area contributed by atoms with Gasteiger partial charge in [0.1, 0.15) is 11.8 Å². The van der Waals surface area contributed by atoms with Crippen molar-refractivity contribution < 1.29 is 23.9 Å². The van der Waals surface area contributed by atoms with Crippen molar-refractivity contribution in [2.45, 2.75) is 77.5 Å². The van der Waals surface area contributed by atoms with Crippen LogP contribution in [0.4, 0.5) is 0 Å². The Labute approximate surface area is 178 Å². The number of carbonyl (C=O) groups is 3. The Morgan fingerprint density at radius 1 is 1.00 bits per heavy atom. The van der Waals surface area contributed by atoms with E-state index in [-0.39, 0.29) is 24.5 Å². The summed E-state index contributed by atoms with van der Waals surface area (Å²) in [4.78, 5) is 37.3. The van der Waals surface area contributed by atoms with Gasteiger partial charge in [-0.15, -0.1) is 0 Å². The highest BCUT2D eigenvalue weighted by Gasteiger charge is 2.29. The molecule has 0 aliphatic heterocycles. The summed E-state index contributed by atoms with van der Waals surface area (Å²) >= 11 is 0. The third kappa shape index (κ3) is 8.05. The molecular formula is C23H34N2O5. The second-order valence-corrected chi connectivity index (χ2v) is 8.17. The molecule has 1 aliphatic rings. The van der Waals surface area contributed by atoms with Crippen molar-refractivity contribution in [2.75, 3.05) is 6.61 Å². The number of carbonyl (C=O) groups excluding carboxylic acids is 3. The van der Waals surface area contributed by atoms with Gasteiger partial charge in [0.25, 0.3) is 11.8 Å². The van der Waals surface area contributed by atoms with Gasteiger partial charge >= 0.3 is 5.97 Å². The first-order chi connectivity index (χ1) is 14.4. The van der Waals surface area contributed by atoms with Crippen LogP contribution < -0.4 is 15.4 Å². The van der Waals surface area contributed by atoms with E-state index in [2.05, 4.69) is 10.6 Å². The topological polar surface area (TPSA) is 93.7 Å². The minimum absolute atomic E-state index is 0.136. The van der Waals surface area contributed by atoms with Crippen molar-refractivity contribution in [3.8, 4) is 5.75 Å². The maximum Gasteiger partial charge on any atom is 0.329 e. The molecule has 1 saturated carbocycles. The van der Waals surface area contributed by atoms with Gasteiger partial charge in [0, 0.05) is 6.04 Å². The summed E-state index contributed by atoms with van der Waals surface area (Å²) in [5.41, 5.74) is 0. The number of nitrogens with one attached hydrogen (secondary N) is 2. The maximum atomic E-state index is 12.6. The number of esters is 1. The van der Waals surface area contributed by atoms with Crippen molar-refractivity contribution in [2.24, 2.45) is 5.92 Å². The third-order valence-corrected chi connectivity index (χ3v) is 5.21. The second-order valence-electron chi connectivity index (χ2n) is 8.17. The molecule has 0 bridgehead atoms. The molecule has 1 fully saturated rings. The van der Waals surface area contributed by atoms with Crippen LogP contribution in [0.15, 0.2) is 30.3 Å². The number of ether oxygens (including phenoxy) is 2. The summed E-state index contributed by atoms with van der Waals surface area (Å²) in [6.07, 6.45) is 5.59. The molecule has 1 aromatic rings. The van der Waals surface area contributed by atoms with Crippen LogP contribution in [0.3, 0.4) is 0 Å². The normalized spacial score (nSPS) is 16.8. The van der Waals surface area contributed by atoms with Gasteiger partial charge in [-0.25, -0.2) is 4.79 Å². The quantitative estimate of drug-likeness (QED) is 0.475. The zero-order valence-electron chi connectivity index (χ0n) is 18.2. The Kier molecular flexibility index (Phi) is 9.64. The number of hydrogen-bond acceptors (Lipinski definition) is 5. The standard InChI is InChI=1S/C23H34N2O5/c1-16(2)21(25-20(26)15-29-19-13-9-6-10-14-19)23(28)30-17(3)22(27)24-18-11-7-4-5-8-12-18/h6,9-10,13-14,16-18,21H,4-5,7-8,11-12,15H2,1-3H3,(H,24,27)(H,25,26)/t17-,21-/m0/s1. The number of amides is 2. The van der Waals surface area contributed by atoms with Crippen LogP contribution >= 0.6 is 0 Å². The zero-order valence-corrected chi connectivity index (χ0v) is 18.2. The molecule has 1 aromatic carbocycles. The van der Waals surface area contributed by atoms with Gasteiger partial charge in [-0.2, -0.15) is 0 Å². The molecule has 30 heavy (non-hydrogen) atoms. The molecule has 0 unspecified atom stereocenters. The van der Waals surface area contributed by atoms with Crippen LogP contribution in [0.25, 0.3) is 0 Å². The lowest BCUT2D eigenvalue weighted by Crippen LogP contribution is -2.49. The molecule has 0 saturated heterocycles.